The molecule has 236 valence electrons. The minimum atomic E-state index is -0.663. The molecule has 2 fully saturated rings. The second-order valence-electron chi connectivity index (χ2n) is 11.9. The highest BCUT2D eigenvalue weighted by Crippen LogP contribution is 2.48. The van der Waals surface area contributed by atoms with E-state index in [0.717, 1.165) is 53.8 Å². The van der Waals surface area contributed by atoms with Gasteiger partial charge in [0.05, 0.1) is 12.0 Å². The van der Waals surface area contributed by atoms with E-state index in [-0.39, 0.29) is 35.7 Å². The topological polar surface area (TPSA) is 118 Å². The van der Waals surface area contributed by atoms with Crippen LogP contribution in [0.25, 0.3) is 0 Å². The highest BCUT2D eigenvalue weighted by Gasteiger charge is 2.44. The molecule has 45 heavy (non-hydrogen) atoms. The molecule has 0 saturated heterocycles. The van der Waals surface area contributed by atoms with Crippen molar-refractivity contribution in [2.45, 2.75) is 77.3 Å². The third-order valence-electron chi connectivity index (χ3n) is 8.49. The molecule has 2 aromatic heterocycles. The molecule has 7 heteroatoms. The van der Waals surface area contributed by atoms with Crippen molar-refractivity contribution in [3.05, 3.63) is 131 Å². The van der Waals surface area contributed by atoms with Crippen LogP contribution in [0.3, 0.4) is 0 Å². The number of benzene rings is 2. The average molecular weight is 607 g/mol. The smallest absolute Gasteiger partial charge is 0.307 e. The van der Waals surface area contributed by atoms with Crippen molar-refractivity contribution >= 4 is 11.9 Å². The lowest BCUT2D eigenvalue weighted by molar-refractivity contribution is -0.138. The Kier molecular flexibility index (Phi) is 12.0. The lowest BCUT2D eigenvalue weighted by Crippen LogP contribution is -2.28. The van der Waals surface area contributed by atoms with Gasteiger partial charge in [-0.1, -0.05) is 86.6 Å². The molecule has 0 spiro atoms. The minimum absolute atomic E-state index is 0.00271. The second-order valence-corrected chi connectivity index (χ2v) is 11.9. The molecular formula is C38H46N4O3. The first-order chi connectivity index (χ1) is 21.7. The third-order valence-corrected chi connectivity index (χ3v) is 8.49. The molecule has 6 atom stereocenters. The van der Waals surface area contributed by atoms with E-state index in [4.69, 9.17) is 10.8 Å². The van der Waals surface area contributed by atoms with Gasteiger partial charge >= 0.3 is 5.97 Å². The second kappa shape index (κ2) is 16.1. The van der Waals surface area contributed by atoms with Gasteiger partial charge in [-0.2, -0.15) is 0 Å². The zero-order valence-electron chi connectivity index (χ0n) is 26.8. The average Bonchev–Trinajstić information content (AvgIpc) is 4.01. The number of hydrogen-bond acceptors (Lipinski definition) is 5. The molecule has 4 N–H and O–H groups in total. The van der Waals surface area contributed by atoms with Crippen LogP contribution in [0.15, 0.2) is 97.3 Å². The van der Waals surface area contributed by atoms with Crippen LogP contribution in [0.2, 0.25) is 0 Å². The number of pyridine rings is 2. The predicted molar refractivity (Wildman–Crippen MR) is 179 cm³/mol. The van der Waals surface area contributed by atoms with Crippen LogP contribution in [0.1, 0.15) is 98.1 Å². The van der Waals surface area contributed by atoms with Gasteiger partial charge in [0.2, 0.25) is 5.91 Å². The number of aromatic nitrogens is 2. The number of nitrogens with zero attached hydrogens (tertiary/aromatic N) is 2. The zero-order chi connectivity index (χ0) is 32.3. The Hall–Kier alpha value is -4.36. The van der Waals surface area contributed by atoms with Crippen LogP contribution in [0.4, 0.5) is 0 Å². The summed E-state index contributed by atoms with van der Waals surface area (Å²) in [7, 11) is 0. The summed E-state index contributed by atoms with van der Waals surface area (Å²) in [5, 5.41) is 11.8. The first-order valence-electron chi connectivity index (χ1n) is 16.0. The van der Waals surface area contributed by atoms with Crippen LogP contribution in [0.5, 0.6) is 0 Å². The SMILES string of the molecule is CCc1ccc([C@H](C)N)cn1.CCc1ccc([C@H](C)NC(=O)[C@H]2C[C@@H]2c2ccccc2)cn1.O=C(O)[C@H]1C[C@@H]1c1ccccc1. The Labute approximate surface area is 267 Å². The van der Waals surface area contributed by atoms with Crippen LogP contribution < -0.4 is 11.1 Å². The summed E-state index contributed by atoms with van der Waals surface area (Å²) in [6.07, 6.45) is 7.39. The summed E-state index contributed by atoms with van der Waals surface area (Å²) in [5.74, 6) is 0.127. The molecule has 2 aromatic carbocycles. The number of nitrogens with two attached hydrogens (primary N) is 1. The third kappa shape index (κ3) is 9.82. The molecule has 2 aliphatic carbocycles. The summed E-state index contributed by atoms with van der Waals surface area (Å²) in [4.78, 5) is 31.5. The molecule has 1 amide bonds. The van der Waals surface area contributed by atoms with E-state index < -0.39 is 5.97 Å². The molecular weight excluding hydrogens is 560 g/mol. The maximum Gasteiger partial charge on any atom is 0.307 e. The Morgan fingerprint density at radius 2 is 1.22 bits per heavy atom. The number of aryl methyl sites for hydroxylation is 2. The lowest BCUT2D eigenvalue weighted by Gasteiger charge is -2.14. The van der Waals surface area contributed by atoms with Crippen LogP contribution in [-0.2, 0) is 22.4 Å². The van der Waals surface area contributed by atoms with Crippen molar-refractivity contribution in [2.24, 2.45) is 17.6 Å². The monoisotopic (exact) mass is 606 g/mol. The van der Waals surface area contributed by atoms with E-state index in [1.165, 1.54) is 5.56 Å². The quantitative estimate of drug-likeness (QED) is 0.186. The molecule has 0 unspecified atom stereocenters. The van der Waals surface area contributed by atoms with E-state index in [9.17, 15) is 9.59 Å². The van der Waals surface area contributed by atoms with Gasteiger partial charge < -0.3 is 16.2 Å². The number of nitrogens with one attached hydrogen (secondary N) is 1. The van der Waals surface area contributed by atoms with Crippen molar-refractivity contribution in [2.75, 3.05) is 0 Å². The summed E-state index contributed by atoms with van der Waals surface area (Å²) in [6.45, 7) is 8.15. The molecule has 2 heterocycles. The van der Waals surface area contributed by atoms with Crippen LogP contribution in [0, 0.1) is 11.8 Å². The zero-order valence-corrected chi connectivity index (χ0v) is 26.8. The van der Waals surface area contributed by atoms with Gasteiger partial charge in [0.1, 0.15) is 0 Å². The van der Waals surface area contributed by atoms with Crippen molar-refractivity contribution in [3.8, 4) is 0 Å². The summed E-state index contributed by atoms with van der Waals surface area (Å²) < 4.78 is 0. The van der Waals surface area contributed by atoms with Crippen molar-refractivity contribution in [3.63, 3.8) is 0 Å². The molecule has 2 saturated carbocycles. The number of carboxylic acid groups (broad SMARTS) is 1. The number of carboxylic acids is 1. The van der Waals surface area contributed by atoms with Crippen LogP contribution >= 0.6 is 0 Å². The number of rotatable bonds is 9. The van der Waals surface area contributed by atoms with Crippen molar-refractivity contribution in [1.29, 1.82) is 0 Å². The van der Waals surface area contributed by atoms with Gasteiger partial charge in [-0.3, -0.25) is 19.6 Å². The Balaban J connectivity index is 0.000000169. The van der Waals surface area contributed by atoms with Gasteiger partial charge in [-0.25, -0.2) is 0 Å². The number of carbonyl (C=O) groups excluding carboxylic acids is 1. The lowest BCUT2D eigenvalue weighted by atomic mass is 10.1. The highest BCUT2D eigenvalue weighted by molar-refractivity contribution is 5.83. The number of carbonyl (C=O) groups is 2. The van der Waals surface area contributed by atoms with E-state index in [1.54, 1.807) is 0 Å². The normalized spacial score (nSPS) is 20.6. The first kappa shape index (κ1) is 33.5. The number of hydrogen-bond donors (Lipinski definition) is 3. The van der Waals surface area contributed by atoms with Gasteiger partial charge in [0, 0.05) is 35.7 Å². The fourth-order valence-electron chi connectivity index (χ4n) is 5.31. The van der Waals surface area contributed by atoms with E-state index in [0.29, 0.717) is 5.92 Å². The molecule has 4 aromatic rings. The molecule has 0 radical (unpaired) electrons. The van der Waals surface area contributed by atoms with Crippen molar-refractivity contribution < 1.29 is 14.7 Å². The molecule has 0 aliphatic heterocycles. The largest absolute Gasteiger partial charge is 0.481 e. The van der Waals surface area contributed by atoms with Gasteiger partial charge in [0.15, 0.2) is 0 Å². The molecule has 0 bridgehead atoms. The van der Waals surface area contributed by atoms with E-state index in [1.807, 2.05) is 93.0 Å². The molecule has 2 aliphatic rings. The molecule has 6 rings (SSSR count). The molecule has 7 nitrogen and oxygen atoms in total. The maximum absolute atomic E-state index is 12.4. The summed E-state index contributed by atoms with van der Waals surface area (Å²) in [5.41, 5.74) is 12.4. The minimum Gasteiger partial charge on any atom is -0.481 e. The highest BCUT2D eigenvalue weighted by atomic mass is 16.4. The Bertz CT molecular complexity index is 1490. The predicted octanol–water partition coefficient (Wildman–Crippen LogP) is 7.16. The summed E-state index contributed by atoms with van der Waals surface area (Å²) >= 11 is 0. The Morgan fingerprint density at radius 3 is 1.62 bits per heavy atom. The van der Waals surface area contributed by atoms with E-state index in [2.05, 4.69) is 47.3 Å². The number of aliphatic carboxylic acids is 1. The fourth-order valence-corrected chi connectivity index (χ4v) is 5.31. The van der Waals surface area contributed by atoms with Crippen LogP contribution in [-0.4, -0.2) is 27.0 Å². The summed E-state index contributed by atoms with van der Waals surface area (Å²) in [6, 6.07) is 28.4. The maximum atomic E-state index is 12.4. The Morgan fingerprint density at radius 1 is 0.756 bits per heavy atom. The van der Waals surface area contributed by atoms with Gasteiger partial charge in [-0.15, -0.1) is 0 Å². The van der Waals surface area contributed by atoms with Gasteiger partial charge in [0.25, 0.3) is 0 Å². The van der Waals surface area contributed by atoms with Gasteiger partial charge in [-0.05, 0) is 85.8 Å². The van der Waals surface area contributed by atoms with Crippen molar-refractivity contribution in [1.82, 2.24) is 15.3 Å². The number of amides is 1. The standard InChI is InChI=1S/C19H22N2O.C10H10O2.C9H14N2/c1-3-16-10-9-15(12-20-16)13(2)21-19(22)18-11-17(18)14-7-5-4-6-8-14;11-10(12)9-6-8(9)7-4-2-1-3-5-7;1-3-9-5-4-8(6-11-9)7(2)10/h4-10,12-13,17-18H,3,11H2,1-2H3,(H,21,22);1-5,8-9H,6H2,(H,11,12);4-7H,3,10H2,1-2H3/t13-,17+,18-;8-,9+;7-/m010/s1. The van der Waals surface area contributed by atoms with E-state index >= 15 is 0 Å². The first-order valence-corrected chi connectivity index (χ1v) is 16.0. The fraction of sp³-hybridized carbons (Fsp3) is 0.368.